The lowest BCUT2D eigenvalue weighted by atomic mass is 10.1. The van der Waals surface area contributed by atoms with Gasteiger partial charge in [-0.25, -0.2) is 17.9 Å². The minimum absolute atomic E-state index is 0.154. The molecule has 0 N–H and O–H groups in total. The molecule has 4 aliphatic heterocycles. The second kappa shape index (κ2) is 20.7. The third-order valence-corrected chi connectivity index (χ3v) is 12.4. The SMILES string of the molecule is COc1nc2cc(F)c(N3CCN(C4CN(C)C4)CC3)cc2n1C(=O)CCC#CC(C)C.COc1nc2cc(N3CCN(C4CN(C)C4)CC3)c(F)cc2n1C(=O)CCC#CC(C)C. The number of hydrogen-bond donors (Lipinski definition) is 0. The lowest BCUT2D eigenvalue weighted by Gasteiger charge is -2.47. The summed E-state index contributed by atoms with van der Waals surface area (Å²) in [6, 6.07) is 7.87. The molecule has 0 saturated carbocycles. The van der Waals surface area contributed by atoms with E-state index in [1.807, 2.05) is 27.7 Å². The van der Waals surface area contributed by atoms with Crippen molar-refractivity contribution >= 4 is 45.3 Å². The van der Waals surface area contributed by atoms with Gasteiger partial charge in [-0.15, -0.1) is 23.7 Å². The number of fused-ring (bicyclic) bond motifs is 2. The Morgan fingerprint density at radius 3 is 1.42 bits per heavy atom. The van der Waals surface area contributed by atoms with Gasteiger partial charge in [0.1, 0.15) is 11.6 Å². The lowest BCUT2D eigenvalue weighted by molar-refractivity contribution is 0.0487. The van der Waals surface area contributed by atoms with Gasteiger partial charge in [0, 0.05) is 140 Å². The first-order chi connectivity index (χ1) is 30.7. The standard InChI is InChI=1S/2C24H32FN5O2/c1-17(2)7-5-6-8-23(31)30-22-13-19(25)21(14-20(22)26-24(30)32-4)29-11-9-28(10-12-29)18-15-27(3)16-18;1-17(2)7-5-6-8-23(31)30-22-14-21(19(25)13-20(22)26-24(30)32-4)29-11-9-28(10-12-29)18-15-27(3)16-18/h2*13-14,17-18H,6,8-12,15-16H2,1-4H3. The van der Waals surface area contributed by atoms with Gasteiger partial charge in [-0.2, -0.15) is 9.97 Å². The summed E-state index contributed by atoms with van der Waals surface area (Å²) in [4.78, 5) is 48.3. The second-order valence-corrected chi connectivity index (χ2v) is 18.0. The first-order valence-electron chi connectivity index (χ1n) is 22.6. The summed E-state index contributed by atoms with van der Waals surface area (Å²) in [5.41, 5.74) is 3.03. The van der Waals surface area contributed by atoms with Gasteiger partial charge in [0.25, 0.3) is 0 Å². The maximum Gasteiger partial charge on any atom is 0.304 e. The number of methoxy groups -OCH3 is 2. The highest BCUT2D eigenvalue weighted by Gasteiger charge is 2.34. The molecule has 16 heteroatoms. The number of likely N-dealkylation sites (tertiary alicyclic amines) is 2. The smallest absolute Gasteiger partial charge is 0.304 e. The lowest BCUT2D eigenvalue weighted by Crippen LogP contribution is -2.62. The van der Waals surface area contributed by atoms with Crippen LogP contribution in [0.4, 0.5) is 20.2 Å². The Morgan fingerprint density at radius 2 is 1.02 bits per heavy atom. The van der Waals surface area contributed by atoms with Crippen LogP contribution in [0.2, 0.25) is 0 Å². The van der Waals surface area contributed by atoms with Crippen LogP contribution in [0.5, 0.6) is 12.0 Å². The van der Waals surface area contributed by atoms with E-state index in [0.29, 0.717) is 58.4 Å². The summed E-state index contributed by atoms with van der Waals surface area (Å²) in [6.45, 7) is 19.2. The van der Waals surface area contributed by atoms with Crippen molar-refractivity contribution in [2.24, 2.45) is 11.8 Å². The van der Waals surface area contributed by atoms with Gasteiger partial charge in [0.2, 0.25) is 11.8 Å². The first-order valence-corrected chi connectivity index (χ1v) is 22.6. The molecule has 0 radical (unpaired) electrons. The van der Waals surface area contributed by atoms with Gasteiger partial charge in [0.15, 0.2) is 0 Å². The molecule has 2 aromatic heterocycles. The topological polar surface area (TPSA) is 108 Å². The van der Waals surface area contributed by atoms with E-state index in [-0.39, 0.29) is 60.1 Å². The molecule has 0 spiro atoms. The van der Waals surface area contributed by atoms with Crippen LogP contribution >= 0.6 is 0 Å². The maximum absolute atomic E-state index is 15.2. The van der Waals surface area contributed by atoms with Crippen molar-refractivity contribution in [1.82, 2.24) is 38.7 Å². The number of ether oxygens (including phenoxy) is 2. The van der Waals surface area contributed by atoms with Crippen molar-refractivity contribution in [2.45, 2.75) is 65.5 Å². The number of anilines is 2. The molecule has 0 bridgehead atoms. The van der Waals surface area contributed by atoms with E-state index < -0.39 is 0 Å². The largest absolute Gasteiger partial charge is 0.468 e. The Kier molecular flexibility index (Phi) is 15.1. The van der Waals surface area contributed by atoms with Gasteiger partial charge in [-0.1, -0.05) is 27.7 Å². The summed E-state index contributed by atoms with van der Waals surface area (Å²) in [5.74, 6) is 11.7. The summed E-state index contributed by atoms with van der Waals surface area (Å²) < 4.78 is 43.7. The fraction of sp³-hybridized carbons (Fsp3) is 0.583. The van der Waals surface area contributed by atoms with Crippen molar-refractivity contribution < 1.29 is 27.8 Å². The van der Waals surface area contributed by atoms with Crippen molar-refractivity contribution in [3.8, 4) is 35.7 Å². The number of piperazine rings is 2. The third kappa shape index (κ3) is 10.6. The number of carbonyl (C=O) groups is 2. The molecule has 4 fully saturated rings. The minimum atomic E-state index is -0.342. The van der Waals surface area contributed by atoms with E-state index in [0.717, 1.165) is 78.5 Å². The van der Waals surface area contributed by atoms with Crippen LogP contribution in [0.25, 0.3) is 22.1 Å². The molecule has 0 atom stereocenters. The molecule has 14 nitrogen and oxygen atoms in total. The van der Waals surface area contributed by atoms with E-state index in [2.05, 4.69) is 77.1 Å². The van der Waals surface area contributed by atoms with Crippen LogP contribution in [0, 0.1) is 47.2 Å². The van der Waals surface area contributed by atoms with E-state index in [1.165, 1.54) is 35.5 Å². The molecule has 6 heterocycles. The van der Waals surface area contributed by atoms with E-state index >= 15 is 8.78 Å². The number of halogens is 2. The summed E-state index contributed by atoms with van der Waals surface area (Å²) in [6.07, 6.45) is 1.39. The summed E-state index contributed by atoms with van der Waals surface area (Å²) in [7, 11) is 7.21. The molecule has 4 aromatic rings. The molecule has 0 unspecified atom stereocenters. The minimum Gasteiger partial charge on any atom is -0.468 e. The number of hydrogen-bond acceptors (Lipinski definition) is 12. The molecular formula is C48H64F2N10O4. The number of imidazole rings is 2. The van der Waals surface area contributed by atoms with Crippen LogP contribution in [-0.4, -0.2) is 169 Å². The zero-order valence-electron chi connectivity index (χ0n) is 38.8. The number of aromatic nitrogens is 4. The number of carbonyl (C=O) groups excluding carboxylic acids is 2. The molecule has 4 aliphatic rings. The van der Waals surface area contributed by atoms with Gasteiger partial charge in [0.05, 0.1) is 47.7 Å². The Bertz CT molecular complexity index is 2410. The molecular weight excluding hydrogens is 819 g/mol. The predicted octanol–water partition coefficient (Wildman–Crippen LogP) is 5.40. The van der Waals surface area contributed by atoms with Crippen LogP contribution in [-0.2, 0) is 0 Å². The number of rotatable bonds is 10. The van der Waals surface area contributed by atoms with E-state index in [9.17, 15) is 9.59 Å². The molecule has 8 rings (SSSR count). The van der Waals surface area contributed by atoms with Crippen molar-refractivity contribution in [2.75, 3.05) is 117 Å². The van der Waals surface area contributed by atoms with Crippen LogP contribution < -0.4 is 19.3 Å². The van der Waals surface area contributed by atoms with E-state index in [1.54, 1.807) is 12.1 Å². The third-order valence-electron chi connectivity index (χ3n) is 12.4. The van der Waals surface area contributed by atoms with Crippen LogP contribution in [0.15, 0.2) is 24.3 Å². The number of nitrogens with zero attached hydrogens (tertiary/aromatic N) is 10. The highest BCUT2D eigenvalue weighted by atomic mass is 19.1. The average Bonchev–Trinajstić information content (AvgIpc) is 3.81. The van der Waals surface area contributed by atoms with Gasteiger partial charge in [-0.05, 0) is 26.2 Å². The summed E-state index contributed by atoms with van der Waals surface area (Å²) >= 11 is 0. The van der Waals surface area contributed by atoms with Crippen molar-refractivity contribution in [3.05, 3.63) is 35.9 Å². The fourth-order valence-electron chi connectivity index (χ4n) is 8.94. The molecule has 64 heavy (non-hydrogen) atoms. The fourth-order valence-corrected chi connectivity index (χ4v) is 8.94. The maximum atomic E-state index is 15.2. The zero-order valence-corrected chi connectivity index (χ0v) is 38.8. The number of benzene rings is 2. The molecule has 0 amide bonds. The van der Waals surface area contributed by atoms with Crippen molar-refractivity contribution in [1.29, 1.82) is 0 Å². The number of likely N-dealkylation sites (N-methyl/N-ethyl adjacent to an activating group) is 2. The van der Waals surface area contributed by atoms with Crippen molar-refractivity contribution in [3.63, 3.8) is 0 Å². The monoisotopic (exact) mass is 883 g/mol. The Morgan fingerprint density at radius 1 is 0.625 bits per heavy atom. The molecule has 2 aromatic carbocycles. The summed E-state index contributed by atoms with van der Waals surface area (Å²) in [5, 5.41) is 0. The second-order valence-electron chi connectivity index (χ2n) is 18.0. The van der Waals surface area contributed by atoms with Gasteiger partial charge >= 0.3 is 12.0 Å². The van der Waals surface area contributed by atoms with Crippen LogP contribution in [0.1, 0.15) is 63.0 Å². The molecule has 4 saturated heterocycles. The Balaban J connectivity index is 0.000000191. The predicted molar refractivity (Wildman–Crippen MR) is 248 cm³/mol. The van der Waals surface area contributed by atoms with Gasteiger partial charge < -0.3 is 29.1 Å². The van der Waals surface area contributed by atoms with Gasteiger partial charge in [-0.3, -0.25) is 19.4 Å². The first kappa shape index (κ1) is 46.7. The molecule has 0 aliphatic carbocycles. The quantitative estimate of drug-likeness (QED) is 0.191. The Labute approximate surface area is 376 Å². The Hall–Kier alpha value is -5.26. The molecule has 344 valence electrons. The van der Waals surface area contributed by atoms with Crippen LogP contribution in [0.3, 0.4) is 0 Å². The highest BCUT2D eigenvalue weighted by molar-refractivity contribution is 5.94. The highest BCUT2D eigenvalue weighted by Crippen LogP contribution is 2.32. The average molecular weight is 883 g/mol. The van der Waals surface area contributed by atoms with E-state index in [4.69, 9.17) is 9.47 Å². The zero-order chi connectivity index (χ0) is 45.7. The normalized spacial score (nSPS) is 18.0.